The third-order valence-electron chi connectivity index (χ3n) is 3.05. The van der Waals surface area contributed by atoms with Crippen molar-refractivity contribution in [2.75, 3.05) is 32.0 Å². The maximum atomic E-state index is 12.9. The second kappa shape index (κ2) is 5.93. The zero-order valence-electron chi connectivity index (χ0n) is 10.4. The first-order valence-corrected chi connectivity index (χ1v) is 6.11. The number of halogens is 1. The average Bonchev–Trinajstić information content (AvgIpc) is 2.73. The summed E-state index contributed by atoms with van der Waals surface area (Å²) >= 11 is 0. The largest absolute Gasteiger partial charge is 0.325 e. The molecule has 0 saturated carbocycles. The lowest BCUT2D eigenvalue weighted by atomic mass is 10.2. The summed E-state index contributed by atoms with van der Waals surface area (Å²) in [5.41, 5.74) is 0.491. The van der Waals surface area contributed by atoms with Gasteiger partial charge >= 0.3 is 0 Å². The van der Waals surface area contributed by atoms with E-state index in [0.29, 0.717) is 11.7 Å². The van der Waals surface area contributed by atoms with Crippen LogP contribution >= 0.6 is 0 Å². The molecule has 1 atom stereocenters. The van der Waals surface area contributed by atoms with Gasteiger partial charge in [0.25, 0.3) is 0 Å². The predicted molar refractivity (Wildman–Crippen MR) is 68.9 cm³/mol. The zero-order chi connectivity index (χ0) is 13.0. The van der Waals surface area contributed by atoms with Gasteiger partial charge in [-0.1, -0.05) is 6.07 Å². The molecule has 2 N–H and O–H groups in total. The third kappa shape index (κ3) is 3.78. The number of hydrogen-bond acceptors (Lipinski definition) is 3. The van der Waals surface area contributed by atoms with Crippen LogP contribution in [0, 0.1) is 5.82 Å². The standard InChI is InChI=1S/C13H18FN3O/c1-17-6-5-12(9-17)15-8-13(18)16-11-4-2-3-10(14)7-11/h2-4,7,12,15H,5-6,8-9H2,1H3,(H,16,18). The molecule has 1 aliphatic rings. The van der Waals surface area contributed by atoms with E-state index in [1.165, 1.54) is 12.1 Å². The molecule has 18 heavy (non-hydrogen) atoms. The van der Waals surface area contributed by atoms with E-state index in [2.05, 4.69) is 22.6 Å². The Morgan fingerprint density at radius 2 is 2.39 bits per heavy atom. The van der Waals surface area contributed by atoms with Crippen LogP contribution in [-0.2, 0) is 4.79 Å². The predicted octanol–water partition coefficient (Wildman–Crippen LogP) is 1.06. The van der Waals surface area contributed by atoms with Gasteiger partial charge < -0.3 is 15.5 Å². The molecule has 0 spiro atoms. The molecule has 4 nitrogen and oxygen atoms in total. The number of rotatable bonds is 4. The van der Waals surface area contributed by atoms with Gasteiger partial charge in [-0.3, -0.25) is 4.79 Å². The number of likely N-dealkylation sites (N-methyl/N-ethyl adjacent to an activating group) is 1. The number of amides is 1. The Kier molecular flexibility index (Phi) is 4.28. The van der Waals surface area contributed by atoms with Crippen molar-refractivity contribution in [3.8, 4) is 0 Å². The maximum Gasteiger partial charge on any atom is 0.238 e. The Labute approximate surface area is 106 Å². The molecular weight excluding hydrogens is 233 g/mol. The summed E-state index contributed by atoms with van der Waals surface area (Å²) in [6.07, 6.45) is 1.06. The Balaban J connectivity index is 1.75. The number of carbonyl (C=O) groups is 1. The minimum absolute atomic E-state index is 0.143. The molecule has 0 bridgehead atoms. The molecule has 1 aromatic carbocycles. The number of nitrogens with one attached hydrogen (secondary N) is 2. The van der Waals surface area contributed by atoms with Crippen LogP contribution in [0.5, 0.6) is 0 Å². The van der Waals surface area contributed by atoms with Gasteiger partial charge in [-0.25, -0.2) is 4.39 Å². The van der Waals surface area contributed by atoms with Gasteiger partial charge in [0.2, 0.25) is 5.91 Å². The van der Waals surface area contributed by atoms with Crippen LogP contribution in [0.2, 0.25) is 0 Å². The van der Waals surface area contributed by atoms with Crippen molar-refractivity contribution in [2.45, 2.75) is 12.5 Å². The van der Waals surface area contributed by atoms with Crippen LogP contribution in [0.4, 0.5) is 10.1 Å². The minimum Gasteiger partial charge on any atom is -0.325 e. The van der Waals surface area contributed by atoms with Gasteiger partial charge in [-0.15, -0.1) is 0 Å². The molecule has 1 fully saturated rings. The minimum atomic E-state index is -0.349. The molecule has 0 radical (unpaired) electrons. The molecule has 1 heterocycles. The van der Waals surface area contributed by atoms with Gasteiger partial charge in [0.15, 0.2) is 0 Å². The van der Waals surface area contributed by atoms with E-state index in [0.717, 1.165) is 19.5 Å². The lowest BCUT2D eigenvalue weighted by Crippen LogP contribution is -2.37. The Morgan fingerprint density at radius 3 is 3.06 bits per heavy atom. The van der Waals surface area contributed by atoms with E-state index >= 15 is 0 Å². The van der Waals surface area contributed by atoms with E-state index in [9.17, 15) is 9.18 Å². The van der Waals surface area contributed by atoms with Crippen LogP contribution in [0.25, 0.3) is 0 Å². The molecule has 0 aromatic heterocycles. The van der Waals surface area contributed by atoms with Crippen molar-refractivity contribution >= 4 is 11.6 Å². The average molecular weight is 251 g/mol. The highest BCUT2D eigenvalue weighted by Gasteiger charge is 2.19. The second-order valence-electron chi connectivity index (χ2n) is 4.69. The molecule has 98 valence electrons. The van der Waals surface area contributed by atoms with Crippen LogP contribution in [0.15, 0.2) is 24.3 Å². The van der Waals surface area contributed by atoms with Crippen molar-refractivity contribution in [2.24, 2.45) is 0 Å². The Morgan fingerprint density at radius 1 is 1.56 bits per heavy atom. The summed E-state index contributed by atoms with van der Waals surface area (Å²) in [6, 6.07) is 6.27. The summed E-state index contributed by atoms with van der Waals surface area (Å²) in [6.45, 7) is 2.28. The molecule has 0 aliphatic carbocycles. The smallest absolute Gasteiger partial charge is 0.238 e. The van der Waals surface area contributed by atoms with Crippen molar-refractivity contribution in [3.05, 3.63) is 30.1 Å². The fraction of sp³-hybridized carbons (Fsp3) is 0.462. The monoisotopic (exact) mass is 251 g/mol. The number of anilines is 1. The van der Waals surface area contributed by atoms with E-state index in [4.69, 9.17) is 0 Å². The maximum absolute atomic E-state index is 12.9. The van der Waals surface area contributed by atoms with E-state index in [-0.39, 0.29) is 18.3 Å². The normalized spacial score (nSPS) is 20.0. The number of carbonyl (C=O) groups excluding carboxylic acids is 1. The highest BCUT2D eigenvalue weighted by molar-refractivity contribution is 5.92. The van der Waals surface area contributed by atoms with E-state index < -0.39 is 0 Å². The van der Waals surface area contributed by atoms with Gasteiger partial charge in [0.1, 0.15) is 5.82 Å². The fourth-order valence-electron chi connectivity index (χ4n) is 2.11. The molecular formula is C13H18FN3O. The first kappa shape index (κ1) is 13.0. The lowest BCUT2D eigenvalue weighted by Gasteiger charge is -2.12. The van der Waals surface area contributed by atoms with Crippen LogP contribution in [0.1, 0.15) is 6.42 Å². The fourth-order valence-corrected chi connectivity index (χ4v) is 2.11. The molecule has 5 heteroatoms. The van der Waals surface area contributed by atoms with Crippen LogP contribution < -0.4 is 10.6 Å². The second-order valence-corrected chi connectivity index (χ2v) is 4.69. The highest BCUT2D eigenvalue weighted by Crippen LogP contribution is 2.09. The SMILES string of the molecule is CN1CCC(NCC(=O)Nc2cccc(F)c2)C1. The number of hydrogen-bond donors (Lipinski definition) is 2. The molecule has 1 aromatic rings. The molecule has 1 saturated heterocycles. The number of nitrogens with zero attached hydrogens (tertiary/aromatic N) is 1. The Hall–Kier alpha value is -1.46. The third-order valence-corrected chi connectivity index (χ3v) is 3.05. The summed E-state index contributed by atoms with van der Waals surface area (Å²) in [7, 11) is 2.06. The number of benzene rings is 1. The van der Waals surface area contributed by atoms with E-state index in [1.54, 1.807) is 12.1 Å². The lowest BCUT2D eigenvalue weighted by molar-refractivity contribution is -0.115. The highest BCUT2D eigenvalue weighted by atomic mass is 19.1. The first-order valence-electron chi connectivity index (χ1n) is 6.11. The van der Waals surface area contributed by atoms with Crippen molar-refractivity contribution in [1.29, 1.82) is 0 Å². The van der Waals surface area contributed by atoms with Gasteiger partial charge in [-0.2, -0.15) is 0 Å². The van der Waals surface area contributed by atoms with Gasteiger partial charge in [0, 0.05) is 18.3 Å². The van der Waals surface area contributed by atoms with Crippen molar-refractivity contribution < 1.29 is 9.18 Å². The molecule has 1 aliphatic heterocycles. The quantitative estimate of drug-likeness (QED) is 0.841. The summed E-state index contributed by atoms with van der Waals surface area (Å²) < 4.78 is 12.9. The summed E-state index contributed by atoms with van der Waals surface area (Å²) in [5.74, 6) is -0.492. The molecule has 1 unspecified atom stereocenters. The van der Waals surface area contributed by atoms with Crippen molar-refractivity contribution in [1.82, 2.24) is 10.2 Å². The van der Waals surface area contributed by atoms with Crippen LogP contribution in [0.3, 0.4) is 0 Å². The zero-order valence-corrected chi connectivity index (χ0v) is 10.4. The molecule has 1 amide bonds. The number of likely N-dealkylation sites (tertiary alicyclic amines) is 1. The first-order chi connectivity index (χ1) is 8.63. The van der Waals surface area contributed by atoms with E-state index in [1.807, 2.05) is 0 Å². The topological polar surface area (TPSA) is 44.4 Å². The Bertz CT molecular complexity index is 424. The van der Waals surface area contributed by atoms with Crippen LogP contribution in [-0.4, -0.2) is 43.5 Å². The van der Waals surface area contributed by atoms with Crippen molar-refractivity contribution in [3.63, 3.8) is 0 Å². The van der Waals surface area contributed by atoms with Gasteiger partial charge in [-0.05, 0) is 38.2 Å². The van der Waals surface area contributed by atoms with Gasteiger partial charge in [0.05, 0.1) is 6.54 Å². The molecule has 2 rings (SSSR count). The summed E-state index contributed by atoms with van der Waals surface area (Å²) in [5, 5.41) is 5.86. The summed E-state index contributed by atoms with van der Waals surface area (Å²) in [4.78, 5) is 13.9.